The third-order valence-electron chi connectivity index (χ3n) is 4.18. The standard InChI is InChI=1S/C19H29N3O2S/c1-4-24-17-9-7-16(8-10-17)21-19(25)22-11-5-6-15(13-22)18(23)20-12-14(2)3/h7-10,14-15H,4-6,11-13H2,1-3H3,(H,20,23)(H,21,25). The molecule has 1 fully saturated rings. The number of amides is 1. The van der Waals surface area contributed by atoms with Crippen molar-refractivity contribution in [3.63, 3.8) is 0 Å². The monoisotopic (exact) mass is 363 g/mol. The summed E-state index contributed by atoms with van der Waals surface area (Å²) in [6, 6.07) is 7.75. The summed E-state index contributed by atoms with van der Waals surface area (Å²) in [7, 11) is 0. The first kappa shape index (κ1) is 19.5. The molecule has 1 atom stereocenters. The number of carbonyl (C=O) groups is 1. The maximum absolute atomic E-state index is 12.3. The van der Waals surface area contributed by atoms with E-state index in [-0.39, 0.29) is 11.8 Å². The average molecular weight is 364 g/mol. The van der Waals surface area contributed by atoms with Crippen molar-refractivity contribution in [2.45, 2.75) is 33.6 Å². The summed E-state index contributed by atoms with van der Waals surface area (Å²) >= 11 is 5.54. The van der Waals surface area contributed by atoms with Gasteiger partial charge in [0.1, 0.15) is 5.75 Å². The minimum Gasteiger partial charge on any atom is -0.494 e. The zero-order valence-corrected chi connectivity index (χ0v) is 16.2. The lowest BCUT2D eigenvalue weighted by Gasteiger charge is -2.34. The summed E-state index contributed by atoms with van der Waals surface area (Å²) < 4.78 is 5.45. The van der Waals surface area contributed by atoms with Gasteiger partial charge < -0.3 is 20.3 Å². The first-order chi connectivity index (χ1) is 12.0. The maximum atomic E-state index is 12.3. The fourth-order valence-electron chi connectivity index (χ4n) is 2.83. The molecule has 0 aromatic heterocycles. The van der Waals surface area contributed by atoms with Crippen molar-refractivity contribution in [2.24, 2.45) is 11.8 Å². The quantitative estimate of drug-likeness (QED) is 0.760. The zero-order chi connectivity index (χ0) is 18.2. The van der Waals surface area contributed by atoms with E-state index in [4.69, 9.17) is 17.0 Å². The number of benzene rings is 1. The molecule has 1 heterocycles. The minimum atomic E-state index is 0.00702. The van der Waals surface area contributed by atoms with Crippen LogP contribution >= 0.6 is 12.2 Å². The molecule has 1 aromatic carbocycles. The SMILES string of the molecule is CCOc1ccc(NC(=S)N2CCCC(C(=O)NCC(C)C)C2)cc1. The Morgan fingerprint density at radius 1 is 1.36 bits per heavy atom. The minimum absolute atomic E-state index is 0.00702. The van der Waals surface area contributed by atoms with E-state index in [0.29, 0.717) is 24.2 Å². The molecular formula is C19H29N3O2S. The molecular weight excluding hydrogens is 334 g/mol. The number of hydrogen-bond donors (Lipinski definition) is 2. The predicted octanol–water partition coefficient (Wildman–Crippen LogP) is 3.27. The van der Waals surface area contributed by atoms with Crippen LogP contribution in [0.3, 0.4) is 0 Å². The van der Waals surface area contributed by atoms with Gasteiger partial charge in [-0.3, -0.25) is 4.79 Å². The molecule has 138 valence electrons. The highest BCUT2D eigenvalue weighted by atomic mass is 32.1. The Hall–Kier alpha value is -1.82. The van der Waals surface area contributed by atoms with Crippen LogP contribution in [0, 0.1) is 11.8 Å². The smallest absolute Gasteiger partial charge is 0.224 e. The van der Waals surface area contributed by atoms with Crippen LogP contribution < -0.4 is 15.4 Å². The van der Waals surface area contributed by atoms with Crippen LogP contribution in [0.1, 0.15) is 33.6 Å². The highest BCUT2D eigenvalue weighted by Gasteiger charge is 2.27. The first-order valence-electron chi connectivity index (χ1n) is 9.06. The van der Waals surface area contributed by atoms with Gasteiger partial charge in [0, 0.05) is 25.3 Å². The van der Waals surface area contributed by atoms with E-state index in [2.05, 4.69) is 29.4 Å². The molecule has 0 radical (unpaired) electrons. The van der Waals surface area contributed by atoms with Gasteiger partial charge in [-0.05, 0) is 62.2 Å². The normalized spacial score (nSPS) is 17.3. The van der Waals surface area contributed by atoms with Crippen LogP contribution in [0.4, 0.5) is 5.69 Å². The van der Waals surface area contributed by atoms with E-state index in [1.165, 1.54) is 0 Å². The number of piperidine rings is 1. The van der Waals surface area contributed by atoms with Crippen molar-refractivity contribution in [2.75, 3.05) is 31.6 Å². The zero-order valence-electron chi connectivity index (χ0n) is 15.4. The highest BCUT2D eigenvalue weighted by molar-refractivity contribution is 7.80. The molecule has 2 rings (SSSR count). The van der Waals surface area contributed by atoms with Gasteiger partial charge in [-0.25, -0.2) is 0 Å². The third kappa shape index (κ3) is 6.20. The number of rotatable bonds is 6. The van der Waals surface area contributed by atoms with Crippen molar-refractivity contribution in [3.05, 3.63) is 24.3 Å². The van der Waals surface area contributed by atoms with E-state index < -0.39 is 0 Å². The molecule has 1 aliphatic rings. The Morgan fingerprint density at radius 3 is 2.72 bits per heavy atom. The summed E-state index contributed by atoms with van der Waals surface area (Å²) in [5.41, 5.74) is 0.930. The van der Waals surface area contributed by atoms with Crippen molar-refractivity contribution in [1.29, 1.82) is 0 Å². The Morgan fingerprint density at radius 2 is 2.08 bits per heavy atom. The lowest BCUT2D eigenvalue weighted by molar-refractivity contribution is -0.126. The lowest BCUT2D eigenvalue weighted by atomic mass is 9.97. The van der Waals surface area contributed by atoms with Crippen LogP contribution in [0.2, 0.25) is 0 Å². The van der Waals surface area contributed by atoms with Crippen molar-refractivity contribution >= 4 is 28.9 Å². The fraction of sp³-hybridized carbons (Fsp3) is 0.579. The molecule has 0 aliphatic carbocycles. The number of nitrogens with zero attached hydrogens (tertiary/aromatic N) is 1. The van der Waals surface area contributed by atoms with Gasteiger partial charge in [0.2, 0.25) is 5.91 Å². The van der Waals surface area contributed by atoms with Crippen LogP contribution in [0.5, 0.6) is 5.75 Å². The second kappa shape index (κ2) is 9.61. The van der Waals surface area contributed by atoms with Crippen molar-refractivity contribution in [3.8, 4) is 5.75 Å². The number of likely N-dealkylation sites (tertiary alicyclic amines) is 1. The Labute approximate surface area is 156 Å². The van der Waals surface area contributed by atoms with E-state index in [1.54, 1.807) is 0 Å². The fourth-order valence-corrected chi connectivity index (χ4v) is 3.11. The topological polar surface area (TPSA) is 53.6 Å². The molecule has 0 bridgehead atoms. The van der Waals surface area contributed by atoms with Crippen LogP contribution in [-0.4, -0.2) is 42.2 Å². The molecule has 0 saturated carbocycles. The molecule has 6 heteroatoms. The van der Waals surface area contributed by atoms with E-state index >= 15 is 0 Å². The predicted molar refractivity (Wildman–Crippen MR) is 106 cm³/mol. The van der Waals surface area contributed by atoms with E-state index in [1.807, 2.05) is 31.2 Å². The molecule has 2 N–H and O–H groups in total. The number of thiocarbonyl (C=S) groups is 1. The van der Waals surface area contributed by atoms with E-state index in [0.717, 1.165) is 37.4 Å². The summed E-state index contributed by atoms with van der Waals surface area (Å²) in [4.78, 5) is 14.4. The van der Waals surface area contributed by atoms with Gasteiger partial charge in [0.05, 0.1) is 12.5 Å². The summed E-state index contributed by atoms with van der Waals surface area (Å²) in [6.45, 7) is 9.10. The third-order valence-corrected chi connectivity index (χ3v) is 4.54. The van der Waals surface area contributed by atoms with Crippen LogP contribution in [0.15, 0.2) is 24.3 Å². The molecule has 1 aliphatic heterocycles. The summed E-state index contributed by atoms with van der Waals surface area (Å²) in [6.07, 6.45) is 1.90. The van der Waals surface area contributed by atoms with Crippen molar-refractivity contribution < 1.29 is 9.53 Å². The molecule has 0 spiro atoms. The lowest BCUT2D eigenvalue weighted by Crippen LogP contribution is -2.47. The van der Waals surface area contributed by atoms with Crippen molar-refractivity contribution in [1.82, 2.24) is 10.2 Å². The molecule has 25 heavy (non-hydrogen) atoms. The number of nitrogens with one attached hydrogen (secondary N) is 2. The Bertz CT molecular complexity index is 575. The van der Waals surface area contributed by atoms with Crippen LogP contribution in [0.25, 0.3) is 0 Å². The molecule has 5 nitrogen and oxygen atoms in total. The highest BCUT2D eigenvalue weighted by Crippen LogP contribution is 2.20. The number of ether oxygens (including phenoxy) is 1. The second-order valence-corrected chi connectivity index (χ2v) is 7.20. The van der Waals surface area contributed by atoms with E-state index in [9.17, 15) is 4.79 Å². The number of carbonyl (C=O) groups excluding carboxylic acids is 1. The largest absolute Gasteiger partial charge is 0.494 e. The molecule has 1 unspecified atom stereocenters. The average Bonchev–Trinajstić information content (AvgIpc) is 2.61. The molecule has 1 amide bonds. The Balaban J connectivity index is 1.87. The van der Waals surface area contributed by atoms with Gasteiger partial charge in [-0.15, -0.1) is 0 Å². The summed E-state index contributed by atoms with van der Waals surface area (Å²) in [5.74, 6) is 1.46. The van der Waals surface area contributed by atoms with Gasteiger partial charge in [0.15, 0.2) is 5.11 Å². The molecule has 1 saturated heterocycles. The molecule has 1 aromatic rings. The number of anilines is 1. The van der Waals surface area contributed by atoms with Crippen LogP contribution in [-0.2, 0) is 4.79 Å². The summed E-state index contributed by atoms with van der Waals surface area (Å²) in [5, 5.41) is 6.97. The van der Waals surface area contributed by atoms with Gasteiger partial charge in [-0.1, -0.05) is 13.8 Å². The Kier molecular flexibility index (Phi) is 7.50. The van der Waals surface area contributed by atoms with Gasteiger partial charge >= 0.3 is 0 Å². The maximum Gasteiger partial charge on any atom is 0.224 e. The van der Waals surface area contributed by atoms with Gasteiger partial charge in [-0.2, -0.15) is 0 Å². The number of hydrogen-bond acceptors (Lipinski definition) is 3. The first-order valence-corrected chi connectivity index (χ1v) is 9.47. The van der Waals surface area contributed by atoms with Gasteiger partial charge in [0.25, 0.3) is 0 Å². The second-order valence-electron chi connectivity index (χ2n) is 6.81.